The molecule has 6 heteroatoms. The number of aromatic nitrogens is 1. The molecule has 2 heterocycles. The molecule has 2 aliphatic rings. The maximum atomic E-state index is 12.9. The summed E-state index contributed by atoms with van der Waals surface area (Å²) in [4.78, 5) is 17.4. The number of nitrogens with two attached hydrogens (primary N) is 1. The first-order chi connectivity index (χ1) is 13.6. The molecule has 2 N–H and O–H groups in total. The van der Waals surface area contributed by atoms with E-state index >= 15 is 0 Å². The molecular weight excluding hydrogens is 368 g/mol. The van der Waals surface area contributed by atoms with Crippen molar-refractivity contribution in [2.24, 2.45) is 17.6 Å². The Morgan fingerprint density at radius 2 is 1.97 bits per heavy atom. The molecule has 3 rings (SSSR count). The molecule has 1 saturated carbocycles. The lowest BCUT2D eigenvalue weighted by atomic mass is 9.84. The Hall–Kier alpha value is -1.66. The third-order valence-corrected chi connectivity index (χ3v) is 5.93. The molecular formula is C23H36N2O4. The zero-order valence-electron chi connectivity index (χ0n) is 18.4. The lowest BCUT2D eigenvalue weighted by Crippen LogP contribution is -2.55. The Morgan fingerprint density at radius 1 is 1.28 bits per heavy atom. The number of cyclic esters (lactones) is 1. The van der Waals surface area contributed by atoms with Gasteiger partial charge in [-0.05, 0) is 50.0 Å². The topological polar surface area (TPSA) is 83.7 Å². The van der Waals surface area contributed by atoms with Crippen molar-refractivity contribution in [1.82, 2.24) is 4.98 Å². The molecule has 1 aliphatic heterocycles. The fraction of sp³-hybridized carbons (Fsp3) is 0.739. The van der Waals surface area contributed by atoms with E-state index in [0.717, 1.165) is 30.2 Å². The zero-order valence-corrected chi connectivity index (χ0v) is 18.4. The number of carbonyl (C=O) groups excluding carboxylic acids is 1. The van der Waals surface area contributed by atoms with Gasteiger partial charge >= 0.3 is 5.97 Å². The Balaban J connectivity index is 1.78. The van der Waals surface area contributed by atoms with E-state index in [2.05, 4.69) is 25.8 Å². The minimum atomic E-state index is -1.24. The van der Waals surface area contributed by atoms with Crippen molar-refractivity contribution >= 4 is 5.97 Å². The van der Waals surface area contributed by atoms with Gasteiger partial charge in [-0.15, -0.1) is 0 Å². The van der Waals surface area contributed by atoms with E-state index in [1.54, 1.807) is 20.0 Å². The Labute approximate surface area is 174 Å². The molecule has 1 aromatic rings. The van der Waals surface area contributed by atoms with E-state index in [9.17, 15) is 4.79 Å². The molecule has 6 nitrogen and oxygen atoms in total. The van der Waals surface area contributed by atoms with Crippen LogP contribution < -0.4 is 10.5 Å². The molecule has 162 valence electrons. The zero-order chi connectivity index (χ0) is 21.2. The number of carbonyl (C=O) groups is 1. The van der Waals surface area contributed by atoms with Gasteiger partial charge < -0.3 is 19.9 Å². The van der Waals surface area contributed by atoms with Crippen LogP contribution in [0.2, 0.25) is 0 Å². The third-order valence-electron chi connectivity index (χ3n) is 5.93. The van der Waals surface area contributed by atoms with Crippen LogP contribution in [-0.4, -0.2) is 34.5 Å². The van der Waals surface area contributed by atoms with E-state index in [4.69, 9.17) is 19.9 Å². The summed E-state index contributed by atoms with van der Waals surface area (Å²) >= 11 is 0. The van der Waals surface area contributed by atoms with Crippen LogP contribution in [0.3, 0.4) is 0 Å². The predicted octanol–water partition coefficient (Wildman–Crippen LogP) is 4.00. The first-order valence-electron chi connectivity index (χ1n) is 10.9. The molecule has 0 amide bonds. The van der Waals surface area contributed by atoms with Crippen LogP contribution >= 0.6 is 0 Å². The lowest BCUT2D eigenvalue weighted by Gasteiger charge is -2.32. The normalized spacial score (nSPS) is 30.2. The van der Waals surface area contributed by atoms with Crippen molar-refractivity contribution in [3.05, 3.63) is 24.0 Å². The highest BCUT2D eigenvalue weighted by Crippen LogP contribution is 2.38. The van der Waals surface area contributed by atoms with E-state index in [1.165, 1.54) is 12.8 Å². The molecule has 1 saturated heterocycles. The van der Waals surface area contributed by atoms with Crippen molar-refractivity contribution in [1.29, 1.82) is 0 Å². The van der Waals surface area contributed by atoms with Crippen LogP contribution in [0, 0.1) is 11.8 Å². The third kappa shape index (κ3) is 5.28. The quantitative estimate of drug-likeness (QED) is 0.692. The van der Waals surface area contributed by atoms with Gasteiger partial charge in [0.1, 0.15) is 5.75 Å². The van der Waals surface area contributed by atoms with E-state index in [1.807, 2.05) is 12.1 Å². The van der Waals surface area contributed by atoms with E-state index in [0.29, 0.717) is 12.3 Å². The van der Waals surface area contributed by atoms with Crippen LogP contribution in [0.1, 0.15) is 72.4 Å². The number of ether oxygens (including phenoxy) is 3. The molecule has 1 aliphatic carbocycles. The summed E-state index contributed by atoms with van der Waals surface area (Å²) in [6.45, 7) is 9.94. The van der Waals surface area contributed by atoms with Gasteiger partial charge in [-0.2, -0.15) is 0 Å². The molecule has 0 bridgehead atoms. The number of hydrogen-bond donors (Lipinski definition) is 1. The molecule has 2 atom stereocenters. The van der Waals surface area contributed by atoms with Gasteiger partial charge in [-0.3, -0.25) is 4.98 Å². The van der Waals surface area contributed by atoms with Gasteiger partial charge in [-0.1, -0.05) is 20.8 Å². The highest BCUT2D eigenvalue weighted by molar-refractivity contribution is 5.83. The van der Waals surface area contributed by atoms with Crippen molar-refractivity contribution in [2.75, 3.05) is 0 Å². The summed E-state index contributed by atoms with van der Waals surface area (Å²) in [6, 6.07) is 3.30. The van der Waals surface area contributed by atoms with Crippen molar-refractivity contribution < 1.29 is 19.0 Å². The molecule has 1 aromatic heterocycles. The van der Waals surface area contributed by atoms with Gasteiger partial charge in [0, 0.05) is 44.3 Å². The van der Waals surface area contributed by atoms with Crippen molar-refractivity contribution in [3.8, 4) is 5.75 Å². The molecule has 0 aromatic carbocycles. The average Bonchev–Trinajstić information content (AvgIpc) is 2.86. The molecule has 2 fully saturated rings. The largest absolute Gasteiger partial charge is 0.490 e. The number of hydrogen-bond acceptors (Lipinski definition) is 6. The van der Waals surface area contributed by atoms with Gasteiger partial charge in [-0.25, -0.2) is 4.79 Å². The lowest BCUT2D eigenvalue weighted by molar-refractivity contribution is -0.169. The van der Waals surface area contributed by atoms with E-state index < -0.39 is 23.4 Å². The molecule has 0 radical (unpaired) electrons. The smallest absolute Gasteiger partial charge is 0.343 e. The summed E-state index contributed by atoms with van der Waals surface area (Å²) in [5.74, 6) is 0.480. The van der Waals surface area contributed by atoms with Gasteiger partial charge in [0.05, 0.1) is 6.10 Å². The predicted molar refractivity (Wildman–Crippen MR) is 111 cm³/mol. The van der Waals surface area contributed by atoms with Gasteiger partial charge in [0.15, 0.2) is 5.60 Å². The first-order valence-corrected chi connectivity index (χ1v) is 10.9. The maximum Gasteiger partial charge on any atom is 0.343 e. The Morgan fingerprint density at radius 3 is 2.55 bits per heavy atom. The average molecular weight is 405 g/mol. The highest BCUT2D eigenvalue weighted by atomic mass is 16.8. The minimum absolute atomic E-state index is 0.241. The van der Waals surface area contributed by atoms with Gasteiger partial charge in [0.25, 0.3) is 0 Å². The summed E-state index contributed by atoms with van der Waals surface area (Å²) < 4.78 is 17.8. The SMILES string of the molecule is CC(C)C[C@H](N)[C@@]1(Cc2cc(O[C@H]3CC[C@H](C)CC3)ccn2)OC(C)(C)OC1=O. The van der Waals surface area contributed by atoms with E-state index in [-0.39, 0.29) is 12.5 Å². The number of rotatable bonds is 7. The fourth-order valence-corrected chi connectivity index (χ4v) is 4.41. The first kappa shape index (κ1) is 22.0. The number of pyridine rings is 1. The molecule has 29 heavy (non-hydrogen) atoms. The van der Waals surface area contributed by atoms with Crippen LogP contribution in [0.4, 0.5) is 0 Å². The second-order valence-electron chi connectivity index (χ2n) is 9.68. The Kier molecular flexibility index (Phi) is 6.54. The standard InChI is InChI=1S/C23H36N2O4/c1-15(2)12-20(24)23(21(26)28-22(4,5)29-23)14-17-13-19(10-11-25-17)27-18-8-6-16(3)7-9-18/h10-11,13,15-16,18,20H,6-9,12,14,24H2,1-5H3/t16-,18-,20-,23+/m0/s1. The van der Waals surface area contributed by atoms with Crippen LogP contribution in [-0.2, 0) is 20.7 Å². The molecule has 0 unspecified atom stereocenters. The number of nitrogens with zero attached hydrogens (tertiary/aromatic N) is 1. The maximum absolute atomic E-state index is 12.9. The highest BCUT2D eigenvalue weighted by Gasteiger charge is 2.57. The summed E-state index contributed by atoms with van der Waals surface area (Å²) in [5.41, 5.74) is 5.98. The number of esters is 1. The van der Waals surface area contributed by atoms with Crippen LogP contribution in [0.15, 0.2) is 18.3 Å². The molecule has 0 spiro atoms. The summed E-state index contributed by atoms with van der Waals surface area (Å²) in [7, 11) is 0. The monoisotopic (exact) mass is 404 g/mol. The van der Waals surface area contributed by atoms with Crippen LogP contribution in [0.5, 0.6) is 5.75 Å². The van der Waals surface area contributed by atoms with Gasteiger partial charge in [0.2, 0.25) is 5.79 Å². The summed E-state index contributed by atoms with van der Waals surface area (Å²) in [5, 5.41) is 0. The second kappa shape index (κ2) is 8.60. The van der Waals surface area contributed by atoms with Crippen LogP contribution in [0.25, 0.3) is 0 Å². The summed E-state index contributed by atoms with van der Waals surface area (Å²) in [6.07, 6.45) is 7.43. The fourth-order valence-electron chi connectivity index (χ4n) is 4.41. The second-order valence-corrected chi connectivity index (χ2v) is 9.68. The van der Waals surface area contributed by atoms with Crippen molar-refractivity contribution in [3.63, 3.8) is 0 Å². The minimum Gasteiger partial charge on any atom is -0.490 e. The van der Waals surface area contributed by atoms with Crippen molar-refractivity contribution in [2.45, 2.75) is 96.7 Å². The Bertz CT molecular complexity index is 713.